The second kappa shape index (κ2) is 7.75. The molecular formula is C15H20O. The lowest BCUT2D eigenvalue weighted by Gasteiger charge is -2.09. The molecule has 0 N–H and O–H groups in total. The molecule has 1 rings (SSSR count). The van der Waals surface area contributed by atoms with Crippen molar-refractivity contribution in [2.75, 3.05) is 6.61 Å². The van der Waals surface area contributed by atoms with Crippen LogP contribution in [0.4, 0.5) is 0 Å². The Morgan fingerprint density at radius 3 is 2.62 bits per heavy atom. The number of hydrogen-bond acceptors (Lipinski definition) is 1. The number of para-hydroxylation sites is 1. The average molecular weight is 216 g/mol. The predicted octanol–water partition coefficient (Wildman–Crippen LogP) is 4.15. The molecule has 86 valence electrons. The molecule has 0 heterocycles. The third-order valence-corrected chi connectivity index (χ3v) is 2.40. The number of hydrogen-bond donors (Lipinski definition) is 0. The largest absolute Gasteiger partial charge is 0.493 e. The maximum Gasteiger partial charge on any atom is 0.122 e. The van der Waals surface area contributed by atoms with E-state index in [1.807, 2.05) is 30.4 Å². The van der Waals surface area contributed by atoms with Crippen molar-refractivity contribution in [1.29, 1.82) is 0 Å². The van der Waals surface area contributed by atoms with Crippen molar-refractivity contribution < 1.29 is 4.74 Å². The fourth-order valence-corrected chi connectivity index (χ4v) is 1.54. The SMILES string of the molecule is C=CCCCCOc1ccccc1CC=C. The predicted molar refractivity (Wildman–Crippen MR) is 69.9 cm³/mol. The molecule has 0 spiro atoms. The number of benzene rings is 1. The van der Waals surface area contributed by atoms with E-state index in [4.69, 9.17) is 4.74 Å². The van der Waals surface area contributed by atoms with Crippen LogP contribution in [0.25, 0.3) is 0 Å². The maximum absolute atomic E-state index is 5.75. The molecule has 1 aromatic carbocycles. The molecule has 16 heavy (non-hydrogen) atoms. The van der Waals surface area contributed by atoms with Crippen LogP contribution in [0, 0.1) is 0 Å². The highest BCUT2D eigenvalue weighted by Crippen LogP contribution is 2.19. The molecule has 1 heteroatoms. The third-order valence-electron chi connectivity index (χ3n) is 2.40. The monoisotopic (exact) mass is 216 g/mol. The normalized spacial score (nSPS) is 9.75. The first kappa shape index (κ1) is 12.6. The summed E-state index contributed by atoms with van der Waals surface area (Å²) >= 11 is 0. The lowest BCUT2D eigenvalue weighted by Crippen LogP contribution is -1.99. The van der Waals surface area contributed by atoms with Crippen molar-refractivity contribution in [2.24, 2.45) is 0 Å². The van der Waals surface area contributed by atoms with Gasteiger partial charge in [0.2, 0.25) is 0 Å². The second-order valence-corrected chi connectivity index (χ2v) is 3.73. The average Bonchev–Trinajstić information content (AvgIpc) is 2.31. The summed E-state index contributed by atoms with van der Waals surface area (Å²) in [5, 5.41) is 0. The maximum atomic E-state index is 5.75. The zero-order chi connectivity index (χ0) is 11.6. The van der Waals surface area contributed by atoms with Crippen LogP contribution < -0.4 is 4.74 Å². The van der Waals surface area contributed by atoms with Gasteiger partial charge < -0.3 is 4.74 Å². The minimum absolute atomic E-state index is 0.780. The summed E-state index contributed by atoms with van der Waals surface area (Å²) < 4.78 is 5.75. The summed E-state index contributed by atoms with van der Waals surface area (Å²) in [5.41, 5.74) is 1.21. The summed E-state index contributed by atoms with van der Waals surface area (Å²) in [6.45, 7) is 8.23. The van der Waals surface area contributed by atoms with E-state index in [1.165, 1.54) is 5.56 Å². The van der Waals surface area contributed by atoms with Crippen LogP contribution in [0.2, 0.25) is 0 Å². The van der Waals surface area contributed by atoms with Gasteiger partial charge in [0.1, 0.15) is 5.75 Å². The Morgan fingerprint density at radius 1 is 1.06 bits per heavy atom. The quantitative estimate of drug-likeness (QED) is 0.468. The molecule has 1 aromatic rings. The molecule has 0 aliphatic rings. The lowest BCUT2D eigenvalue weighted by atomic mass is 10.1. The molecule has 0 aromatic heterocycles. The van der Waals surface area contributed by atoms with E-state index in [0.29, 0.717) is 0 Å². The molecule has 0 fully saturated rings. The van der Waals surface area contributed by atoms with Crippen LogP contribution >= 0.6 is 0 Å². The van der Waals surface area contributed by atoms with E-state index in [9.17, 15) is 0 Å². The zero-order valence-electron chi connectivity index (χ0n) is 9.82. The minimum Gasteiger partial charge on any atom is -0.493 e. The summed E-state index contributed by atoms with van der Waals surface area (Å²) in [4.78, 5) is 0. The molecule has 0 aliphatic carbocycles. The molecule has 0 unspecified atom stereocenters. The lowest BCUT2D eigenvalue weighted by molar-refractivity contribution is 0.305. The van der Waals surface area contributed by atoms with Gasteiger partial charge in [-0.05, 0) is 37.3 Å². The second-order valence-electron chi connectivity index (χ2n) is 3.73. The van der Waals surface area contributed by atoms with Crippen LogP contribution in [0.5, 0.6) is 5.75 Å². The van der Waals surface area contributed by atoms with Gasteiger partial charge in [-0.25, -0.2) is 0 Å². The number of rotatable bonds is 8. The summed E-state index contributed by atoms with van der Waals surface area (Å²) in [5.74, 6) is 0.987. The van der Waals surface area contributed by atoms with Gasteiger partial charge in [-0.3, -0.25) is 0 Å². The van der Waals surface area contributed by atoms with Gasteiger partial charge in [-0.15, -0.1) is 13.2 Å². The van der Waals surface area contributed by atoms with E-state index < -0.39 is 0 Å². The molecule has 0 saturated carbocycles. The highest BCUT2D eigenvalue weighted by atomic mass is 16.5. The molecule has 0 radical (unpaired) electrons. The first-order chi connectivity index (χ1) is 7.88. The van der Waals surface area contributed by atoms with Gasteiger partial charge >= 0.3 is 0 Å². The Labute approximate surface area is 98.5 Å². The van der Waals surface area contributed by atoms with Crippen LogP contribution in [0.15, 0.2) is 49.6 Å². The van der Waals surface area contributed by atoms with Crippen LogP contribution in [-0.2, 0) is 6.42 Å². The topological polar surface area (TPSA) is 9.23 Å². The van der Waals surface area contributed by atoms with Crippen molar-refractivity contribution in [3.8, 4) is 5.75 Å². The molecular weight excluding hydrogens is 196 g/mol. The molecule has 0 atom stereocenters. The fraction of sp³-hybridized carbons (Fsp3) is 0.333. The van der Waals surface area contributed by atoms with Crippen LogP contribution in [0.3, 0.4) is 0 Å². The van der Waals surface area contributed by atoms with Gasteiger partial charge in [0.25, 0.3) is 0 Å². The Morgan fingerprint density at radius 2 is 1.88 bits per heavy atom. The molecule has 1 nitrogen and oxygen atoms in total. The molecule has 0 aliphatic heterocycles. The summed E-state index contributed by atoms with van der Waals surface area (Å²) in [6, 6.07) is 8.14. The van der Waals surface area contributed by atoms with E-state index in [0.717, 1.165) is 38.0 Å². The van der Waals surface area contributed by atoms with E-state index in [1.54, 1.807) is 0 Å². The van der Waals surface area contributed by atoms with Gasteiger partial charge in [0, 0.05) is 0 Å². The Bertz CT molecular complexity index is 328. The number of ether oxygens (including phenoxy) is 1. The summed E-state index contributed by atoms with van der Waals surface area (Å²) in [7, 11) is 0. The van der Waals surface area contributed by atoms with Gasteiger partial charge in [-0.2, -0.15) is 0 Å². The van der Waals surface area contributed by atoms with E-state index >= 15 is 0 Å². The molecule has 0 saturated heterocycles. The van der Waals surface area contributed by atoms with Crippen molar-refractivity contribution in [1.82, 2.24) is 0 Å². The van der Waals surface area contributed by atoms with Crippen molar-refractivity contribution in [3.05, 3.63) is 55.1 Å². The third kappa shape index (κ3) is 4.35. The molecule has 0 bridgehead atoms. The minimum atomic E-state index is 0.780. The number of allylic oxidation sites excluding steroid dienone is 2. The van der Waals surface area contributed by atoms with Gasteiger partial charge in [-0.1, -0.05) is 30.4 Å². The van der Waals surface area contributed by atoms with E-state index in [-0.39, 0.29) is 0 Å². The van der Waals surface area contributed by atoms with Crippen LogP contribution in [-0.4, -0.2) is 6.61 Å². The highest BCUT2D eigenvalue weighted by Gasteiger charge is 2.00. The summed E-state index contributed by atoms with van der Waals surface area (Å²) in [6.07, 6.45) is 8.01. The van der Waals surface area contributed by atoms with Crippen LogP contribution in [0.1, 0.15) is 24.8 Å². The number of unbranched alkanes of at least 4 members (excludes halogenated alkanes) is 2. The first-order valence-electron chi connectivity index (χ1n) is 5.81. The van der Waals surface area contributed by atoms with Crippen molar-refractivity contribution in [2.45, 2.75) is 25.7 Å². The zero-order valence-corrected chi connectivity index (χ0v) is 9.82. The molecule has 0 amide bonds. The Hall–Kier alpha value is -1.50. The van der Waals surface area contributed by atoms with Gasteiger partial charge in [0.05, 0.1) is 6.61 Å². The Balaban J connectivity index is 2.39. The van der Waals surface area contributed by atoms with Gasteiger partial charge in [0.15, 0.2) is 0 Å². The van der Waals surface area contributed by atoms with Crippen molar-refractivity contribution >= 4 is 0 Å². The fourth-order valence-electron chi connectivity index (χ4n) is 1.54. The first-order valence-corrected chi connectivity index (χ1v) is 5.81. The standard InChI is InChI=1S/C15H20O/c1-3-5-6-9-13-16-15-12-8-7-11-14(15)10-4-2/h3-4,7-8,11-12H,1-2,5-6,9-10,13H2. The Kier molecular flexibility index (Phi) is 6.09. The smallest absolute Gasteiger partial charge is 0.122 e. The van der Waals surface area contributed by atoms with Crippen molar-refractivity contribution in [3.63, 3.8) is 0 Å². The highest BCUT2D eigenvalue weighted by molar-refractivity contribution is 5.34. The van der Waals surface area contributed by atoms with E-state index in [2.05, 4.69) is 19.2 Å².